The van der Waals surface area contributed by atoms with Gasteiger partial charge in [0.1, 0.15) is 0 Å². The molecule has 1 heterocycles. The Balaban J connectivity index is 1.73. The molecular formula is C16H19N5O2S. The molecule has 0 radical (unpaired) electrons. The van der Waals surface area contributed by atoms with Crippen LogP contribution >= 0.6 is 12.2 Å². The highest BCUT2D eigenvalue weighted by atomic mass is 32.1. The van der Waals surface area contributed by atoms with Crippen LogP contribution in [0, 0.1) is 0 Å². The zero-order valence-corrected chi connectivity index (χ0v) is 14.2. The van der Waals surface area contributed by atoms with Crippen LogP contribution in [0.2, 0.25) is 0 Å². The highest BCUT2D eigenvalue weighted by Crippen LogP contribution is 2.17. The third kappa shape index (κ3) is 3.38. The molecule has 0 bridgehead atoms. The number of nitrogens with one attached hydrogen (secondary N) is 3. The minimum absolute atomic E-state index is 0.170. The van der Waals surface area contributed by atoms with Crippen molar-refractivity contribution < 1.29 is 4.79 Å². The van der Waals surface area contributed by atoms with Crippen molar-refractivity contribution in [2.75, 3.05) is 0 Å². The Labute approximate surface area is 144 Å². The number of fused-ring (bicyclic) bond motifs is 1. The third-order valence-electron chi connectivity index (χ3n) is 4.15. The lowest BCUT2D eigenvalue weighted by Gasteiger charge is -2.16. The topological polar surface area (TPSA) is 88.1 Å². The van der Waals surface area contributed by atoms with Gasteiger partial charge in [0.2, 0.25) is 0 Å². The summed E-state index contributed by atoms with van der Waals surface area (Å²) in [6.07, 6.45) is 4.56. The molecule has 1 aromatic heterocycles. The van der Waals surface area contributed by atoms with Crippen molar-refractivity contribution in [3.05, 3.63) is 40.3 Å². The Morgan fingerprint density at radius 2 is 1.88 bits per heavy atom. The maximum atomic E-state index is 12.4. The fourth-order valence-electron chi connectivity index (χ4n) is 2.93. The van der Waals surface area contributed by atoms with Gasteiger partial charge < -0.3 is 5.32 Å². The molecule has 1 aliphatic carbocycles. The Bertz CT molecular complexity index is 842. The van der Waals surface area contributed by atoms with Crippen LogP contribution in [-0.4, -0.2) is 26.8 Å². The third-order valence-corrected chi connectivity index (χ3v) is 4.37. The number of carbonyl (C=O) groups excluding carboxylic acids is 1. The van der Waals surface area contributed by atoms with Crippen LogP contribution in [0.1, 0.15) is 36.2 Å². The average Bonchev–Trinajstić information content (AvgIpc) is 3.09. The van der Waals surface area contributed by atoms with Gasteiger partial charge in [-0.2, -0.15) is 5.10 Å². The summed E-state index contributed by atoms with van der Waals surface area (Å²) in [7, 11) is 1.52. The normalized spacial score (nSPS) is 14.5. The molecule has 0 atom stereocenters. The Kier molecular flexibility index (Phi) is 4.75. The summed E-state index contributed by atoms with van der Waals surface area (Å²) in [6, 6.07) is 7.26. The number of carbonyl (C=O) groups is 1. The van der Waals surface area contributed by atoms with Crippen molar-refractivity contribution in [3.8, 4) is 0 Å². The fourth-order valence-corrected chi connectivity index (χ4v) is 3.15. The summed E-state index contributed by atoms with van der Waals surface area (Å²) >= 11 is 5.19. The van der Waals surface area contributed by atoms with Crippen molar-refractivity contribution >= 4 is 34.0 Å². The van der Waals surface area contributed by atoms with Crippen LogP contribution in [-0.2, 0) is 7.05 Å². The first-order chi connectivity index (χ1) is 11.6. The van der Waals surface area contributed by atoms with Crippen LogP contribution in [0.25, 0.3) is 10.8 Å². The Hall–Kier alpha value is -2.48. The minimum atomic E-state index is -0.447. The predicted octanol–water partition coefficient (Wildman–Crippen LogP) is 0.985. The number of aromatic nitrogens is 2. The Morgan fingerprint density at radius 3 is 2.58 bits per heavy atom. The molecule has 0 unspecified atom stereocenters. The fraction of sp³-hybridized carbons (Fsp3) is 0.375. The summed E-state index contributed by atoms with van der Waals surface area (Å²) < 4.78 is 1.16. The molecule has 126 valence electrons. The second-order valence-electron chi connectivity index (χ2n) is 5.86. The highest BCUT2D eigenvalue weighted by molar-refractivity contribution is 7.80. The number of benzene rings is 1. The number of nitrogens with zero attached hydrogens (tertiary/aromatic N) is 2. The summed E-state index contributed by atoms with van der Waals surface area (Å²) in [4.78, 5) is 24.5. The monoisotopic (exact) mass is 345 g/mol. The molecule has 1 amide bonds. The van der Waals surface area contributed by atoms with E-state index in [9.17, 15) is 9.59 Å². The van der Waals surface area contributed by atoms with Gasteiger partial charge in [-0.1, -0.05) is 31.0 Å². The van der Waals surface area contributed by atoms with Gasteiger partial charge in [-0.05, 0) is 31.1 Å². The second kappa shape index (κ2) is 6.96. The van der Waals surface area contributed by atoms with E-state index >= 15 is 0 Å². The van der Waals surface area contributed by atoms with E-state index in [1.165, 1.54) is 19.9 Å². The zero-order chi connectivity index (χ0) is 17.1. The molecule has 1 fully saturated rings. The first-order valence-electron chi connectivity index (χ1n) is 7.89. The van der Waals surface area contributed by atoms with E-state index in [-0.39, 0.29) is 11.3 Å². The van der Waals surface area contributed by atoms with Gasteiger partial charge in [0, 0.05) is 18.5 Å². The SMILES string of the molecule is Cn1nc(C(=O)NNC(=S)NC2CCCC2)c2ccccc2c1=O. The van der Waals surface area contributed by atoms with E-state index in [4.69, 9.17) is 12.2 Å². The lowest BCUT2D eigenvalue weighted by atomic mass is 10.1. The van der Waals surface area contributed by atoms with E-state index in [0.717, 1.165) is 17.5 Å². The lowest BCUT2D eigenvalue weighted by molar-refractivity contribution is 0.0938. The molecule has 1 aromatic carbocycles. The molecule has 0 aliphatic heterocycles. The van der Waals surface area contributed by atoms with Crippen molar-refractivity contribution in [1.29, 1.82) is 0 Å². The summed E-state index contributed by atoms with van der Waals surface area (Å²) in [5, 5.41) is 8.58. The van der Waals surface area contributed by atoms with Crippen LogP contribution in [0.5, 0.6) is 0 Å². The van der Waals surface area contributed by atoms with Gasteiger partial charge in [0.05, 0.1) is 5.39 Å². The summed E-state index contributed by atoms with van der Waals surface area (Å²) in [5.41, 5.74) is 5.17. The number of rotatable bonds is 2. The van der Waals surface area contributed by atoms with E-state index in [0.29, 0.717) is 21.9 Å². The van der Waals surface area contributed by atoms with E-state index in [1.807, 2.05) is 0 Å². The highest BCUT2D eigenvalue weighted by Gasteiger charge is 2.17. The van der Waals surface area contributed by atoms with Crippen molar-refractivity contribution in [1.82, 2.24) is 25.9 Å². The standard InChI is InChI=1S/C16H19N5O2S/c1-21-15(23)12-9-5-4-8-11(12)13(20-21)14(22)18-19-16(24)17-10-6-2-3-7-10/h4-5,8-10H,2-3,6-7H2,1H3,(H,18,22)(H2,17,19,24). The predicted molar refractivity (Wildman–Crippen MR) is 95.6 cm³/mol. The number of hydrogen-bond acceptors (Lipinski definition) is 4. The van der Waals surface area contributed by atoms with Crippen LogP contribution < -0.4 is 21.7 Å². The minimum Gasteiger partial charge on any atom is -0.359 e. The maximum absolute atomic E-state index is 12.4. The van der Waals surface area contributed by atoms with Gasteiger partial charge in [0.25, 0.3) is 11.5 Å². The van der Waals surface area contributed by atoms with Crippen molar-refractivity contribution in [2.24, 2.45) is 7.05 Å². The maximum Gasteiger partial charge on any atom is 0.290 e. The quantitative estimate of drug-likeness (QED) is 0.556. The smallest absolute Gasteiger partial charge is 0.290 e. The molecule has 24 heavy (non-hydrogen) atoms. The molecule has 0 saturated heterocycles. The number of aryl methyl sites for hydroxylation is 1. The number of hydrogen-bond donors (Lipinski definition) is 3. The number of thiocarbonyl (C=S) groups is 1. The van der Waals surface area contributed by atoms with Gasteiger partial charge in [-0.15, -0.1) is 0 Å². The van der Waals surface area contributed by atoms with Gasteiger partial charge in [-0.25, -0.2) is 4.68 Å². The molecule has 2 aromatic rings. The van der Waals surface area contributed by atoms with Crippen LogP contribution in [0.15, 0.2) is 29.1 Å². The van der Waals surface area contributed by atoms with Gasteiger partial charge >= 0.3 is 0 Å². The number of amides is 1. The molecule has 7 nitrogen and oxygen atoms in total. The van der Waals surface area contributed by atoms with E-state index < -0.39 is 5.91 Å². The zero-order valence-electron chi connectivity index (χ0n) is 13.3. The second-order valence-corrected chi connectivity index (χ2v) is 6.27. The largest absolute Gasteiger partial charge is 0.359 e. The van der Waals surface area contributed by atoms with Crippen molar-refractivity contribution in [2.45, 2.75) is 31.7 Å². The number of hydrazine groups is 1. The summed E-state index contributed by atoms with van der Waals surface area (Å²) in [5.74, 6) is -0.447. The first-order valence-corrected chi connectivity index (χ1v) is 8.30. The van der Waals surface area contributed by atoms with E-state index in [1.54, 1.807) is 24.3 Å². The molecule has 1 saturated carbocycles. The van der Waals surface area contributed by atoms with Crippen LogP contribution in [0.3, 0.4) is 0 Å². The Morgan fingerprint density at radius 1 is 1.21 bits per heavy atom. The van der Waals surface area contributed by atoms with Crippen LogP contribution in [0.4, 0.5) is 0 Å². The average molecular weight is 345 g/mol. The van der Waals surface area contributed by atoms with Gasteiger partial charge in [-0.3, -0.25) is 20.4 Å². The molecule has 0 spiro atoms. The van der Waals surface area contributed by atoms with E-state index in [2.05, 4.69) is 21.3 Å². The van der Waals surface area contributed by atoms with Crippen molar-refractivity contribution in [3.63, 3.8) is 0 Å². The molecule has 8 heteroatoms. The molecule has 3 N–H and O–H groups in total. The van der Waals surface area contributed by atoms with Gasteiger partial charge in [0.15, 0.2) is 10.8 Å². The first kappa shape index (κ1) is 16.4. The summed E-state index contributed by atoms with van der Waals surface area (Å²) in [6.45, 7) is 0. The molecular weight excluding hydrogens is 326 g/mol. The molecule has 1 aliphatic rings. The lowest BCUT2D eigenvalue weighted by Crippen LogP contribution is -2.49. The molecule has 3 rings (SSSR count).